The quantitative estimate of drug-likeness (QED) is 0.146. The number of aromatic nitrogens is 3. The minimum Gasteiger partial charge on any atom is -0.497 e. The number of rotatable bonds is 12. The van der Waals surface area contributed by atoms with Gasteiger partial charge in [0.1, 0.15) is 22.9 Å². The summed E-state index contributed by atoms with van der Waals surface area (Å²) in [5.74, 6) is -0.233. The number of benzene rings is 3. The van der Waals surface area contributed by atoms with E-state index >= 15 is 4.39 Å². The summed E-state index contributed by atoms with van der Waals surface area (Å²) in [5, 5.41) is 16.5. The van der Waals surface area contributed by atoms with Crippen LogP contribution in [-0.2, 0) is 19.6 Å². The van der Waals surface area contributed by atoms with E-state index in [0.717, 1.165) is 17.4 Å². The molecule has 0 saturated carbocycles. The summed E-state index contributed by atoms with van der Waals surface area (Å²) in [5.41, 5.74) is 6.85. The number of hydrogen-bond acceptors (Lipinski definition) is 8. The van der Waals surface area contributed by atoms with Gasteiger partial charge in [-0.05, 0) is 68.8 Å². The molecule has 11 nitrogen and oxygen atoms in total. The molecule has 244 valence electrons. The molecule has 0 aliphatic carbocycles. The van der Waals surface area contributed by atoms with Gasteiger partial charge in [-0.1, -0.05) is 30.3 Å². The Morgan fingerprint density at radius 1 is 1.02 bits per heavy atom. The Morgan fingerprint density at radius 3 is 2.40 bits per heavy atom. The maximum Gasteiger partial charge on any atom is 0.284 e. The zero-order valence-electron chi connectivity index (χ0n) is 26.6. The lowest BCUT2D eigenvalue weighted by Gasteiger charge is -2.22. The second kappa shape index (κ2) is 13.9. The third-order valence-electron chi connectivity index (χ3n) is 7.41. The van der Waals surface area contributed by atoms with Gasteiger partial charge in [-0.3, -0.25) is 14.3 Å². The number of nitrogens with one attached hydrogen (secondary N) is 2. The molecule has 0 fully saturated rings. The molecule has 0 saturated heterocycles. The smallest absolute Gasteiger partial charge is 0.284 e. The first-order chi connectivity index (χ1) is 22.4. The maximum atomic E-state index is 15.3. The number of para-hydroxylation sites is 1. The number of nitrogens with two attached hydrogens (primary N) is 1. The molecule has 0 spiro atoms. The van der Waals surface area contributed by atoms with Gasteiger partial charge >= 0.3 is 0 Å². The Balaban J connectivity index is 1.33. The van der Waals surface area contributed by atoms with Gasteiger partial charge in [0.15, 0.2) is 11.6 Å². The average molecular weight is 641 g/mol. The van der Waals surface area contributed by atoms with Gasteiger partial charge in [0, 0.05) is 31.0 Å². The highest BCUT2D eigenvalue weighted by Crippen LogP contribution is 2.31. The molecule has 0 atom stereocenters. The molecule has 3 aromatic carbocycles. The first kappa shape index (κ1) is 32.9. The van der Waals surface area contributed by atoms with Crippen LogP contribution in [0.2, 0.25) is 0 Å². The molecular formula is C35H37FN6O5. The van der Waals surface area contributed by atoms with Crippen LogP contribution in [0, 0.1) is 12.7 Å². The van der Waals surface area contributed by atoms with Gasteiger partial charge in [0.05, 0.1) is 36.2 Å². The van der Waals surface area contributed by atoms with Crippen molar-refractivity contribution in [1.29, 1.82) is 0 Å². The number of carbonyl (C=O) groups is 1. The summed E-state index contributed by atoms with van der Waals surface area (Å²) in [6.07, 6.45) is 1.47. The van der Waals surface area contributed by atoms with Crippen molar-refractivity contribution >= 4 is 17.4 Å². The van der Waals surface area contributed by atoms with Crippen molar-refractivity contribution < 1.29 is 23.8 Å². The highest BCUT2D eigenvalue weighted by molar-refractivity contribution is 6.05. The molecule has 0 radical (unpaired) electrons. The zero-order chi connectivity index (χ0) is 33.7. The fourth-order valence-corrected chi connectivity index (χ4v) is 5.10. The number of anilines is 2. The van der Waals surface area contributed by atoms with Gasteiger partial charge in [0.2, 0.25) is 0 Å². The number of carbonyl (C=O) groups excluding carboxylic acids is 1. The van der Waals surface area contributed by atoms with Crippen molar-refractivity contribution in [1.82, 2.24) is 19.7 Å². The second-order valence-corrected chi connectivity index (χ2v) is 11.6. The number of amides is 1. The minimum absolute atomic E-state index is 0.0510. The fraction of sp³-hybridized carbons (Fsp3) is 0.229. The third kappa shape index (κ3) is 7.68. The van der Waals surface area contributed by atoms with Crippen LogP contribution < -0.4 is 31.4 Å². The maximum absolute atomic E-state index is 15.3. The van der Waals surface area contributed by atoms with Crippen molar-refractivity contribution in [2.24, 2.45) is 0 Å². The van der Waals surface area contributed by atoms with Crippen LogP contribution in [-0.4, -0.2) is 38.1 Å². The Labute approximate surface area is 271 Å². The van der Waals surface area contributed by atoms with E-state index in [2.05, 4.69) is 15.6 Å². The molecule has 12 heteroatoms. The third-order valence-corrected chi connectivity index (χ3v) is 7.41. The molecule has 0 aliphatic rings. The van der Waals surface area contributed by atoms with Gasteiger partial charge in [0.25, 0.3) is 11.5 Å². The number of aliphatic hydroxyl groups is 1. The number of nitrogen functional groups attached to an aromatic ring is 1. The lowest BCUT2D eigenvalue weighted by molar-refractivity contribution is 0.0546. The average Bonchev–Trinajstić information content (AvgIpc) is 3.27. The van der Waals surface area contributed by atoms with Gasteiger partial charge in [-0.2, -0.15) is 0 Å². The molecule has 2 aromatic heterocycles. The molecule has 0 unspecified atom stereocenters. The van der Waals surface area contributed by atoms with Crippen LogP contribution in [0.15, 0.2) is 89.9 Å². The van der Waals surface area contributed by atoms with Crippen molar-refractivity contribution in [3.63, 3.8) is 0 Å². The number of hydrogen-bond donors (Lipinski definition) is 4. The number of methoxy groups -OCH3 is 1. The lowest BCUT2D eigenvalue weighted by Crippen LogP contribution is -2.32. The topological polar surface area (TPSA) is 146 Å². The molecule has 2 heterocycles. The molecule has 0 bridgehead atoms. The van der Waals surface area contributed by atoms with Crippen LogP contribution in [0.3, 0.4) is 0 Å². The number of nitrogens with zero attached hydrogens (tertiary/aromatic N) is 3. The van der Waals surface area contributed by atoms with Gasteiger partial charge < -0.3 is 30.9 Å². The van der Waals surface area contributed by atoms with Crippen LogP contribution in [0.1, 0.15) is 41.0 Å². The van der Waals surface area contributed by atoms with E-state index in [4.69, 9.17) is 15.2 Å². The molecule has 5 aromatic rings. The zero-order valence-corrected chi connectivity index (χ0v) is 26.6. The number of ether oxygens (including phenoxy) is 2. The molecule has 5 rings (SSSR count). The molecular weight excluding hydrogens is 603 g/mol. The summed E-state index contributed by atoms with van der Waals surface area (Å²) in [7, 11) is 1.61. The van der Waals surface area contributed by atoms with E-state index < -0.39 is 22.9 Å². The van der Waals surface area contributed by atoms with Gasteiger partial charge in [-0.25, -0.2) is 14.1 Å². The Hall–Kier alpha value is -5.46. The van der Waals surface area contributed by atoms with Crippen LogP contribution >= 0.6 is 0 Å². The van der Waals surface area contributed by atoms with Crippen LogP contribution in [0.25, 0.3) is 5.69 Å². The second-order valence-electron chi connectivity index (χ2n) is 11.6. The lowest BCUT2D eigenvalue weighted by atomic mass is 10.1. The van der Waals surface area contributed by atoms with Crippen molar-refractivity contribution in [3.8, 4) is 22.9 Å². The number of halogens is 1. The normalized spacial score (nSPS) is 11.4. The highest BCUT2D eigenvalue weighted by atomic mass is 19.1. The van der Waals surface area contributed by atoms with Crippen LogP contribution in [0.4, 0.5) is 15.9 Å². The molecule has 0 aliphatic heterocycles. The predicted octanol–water partition coefficient (Wildman–Crippen LogP) is 5.18. The summed E-state index contributed by atoms with van der Waals surface area (Å²) < 4.78 is 29.4. The summed E-state index contributed by atoms with van der Waals surface area (Å²) in [6.45, 7) is 5.75. The van der Waals surface area contributed by atoms with E-state index in [-0.39, 0.29) is 29.4 Å². The Kier molecular flexibility index (Phi) is 9.73. The summed E-state index contributed by atoms with van der Waals surface area (Å²) >= 11 is 0. The standard InChI is InChI=1S/C35H37FN6O5/c1-22-31(34(44)42(25-8-6-5-7-9-25)41(22)21-35(2,3)45)33(43)40-24-12-15-30(28(36)18-24)47-29-16-17-39-32(37)27(29)20-38-19-23-10-13-26(46-4)14-11-23/h5-18,38,45H,19-21H2,1-4H3,(H2,37,39)(H,40,43). The minimum atomic E-state index is -1.18. The number of pyridine rings is 1. The van der Waals surface area contributed by atoms with Crippen LogP contribution in [0.5, 0.6) is 17.2 Å². The summed E-state index contributed by atoms with van der Waals surface area (Å²) in [6, 6.07) is 22.0. The monoisotopic (exact) mass is 640 g/mol. The van der Waals surface area contributed by atoms with Crippen molar-refractivity contribution in [2.45, 2.75) is 46.0 Å². The van der Waals surface area contributed by atoms with E-state index in [9.17, 15) is 14.7 Å². The predicted molar refractivity (Wildman–Crippen MR) is 178 cm³/mol. The fourth-order valence-electron chi connectivity index (χ4n) is 5.10. The van der Waals surface area contributed by atoms with E-state index in [0.29, 0.717) is 35.8 Å². The van der Waals surface area contributed by atoms with E-state index in [1.165, 1.54) is 23.0 Å². The molecule has 1 amide bonds. The Bertz CT molecular complexity index is 1930. The van der Waals surface area contributed by atoms with Crippen molar-refractivity contribution in [2.75, 3.05) is 18.2 Å². The highest BCUT2D eigenvalue weighted by Gasteiger charge is 2.27. The molecule has 5 N–H and O–H groups in total. The first-order valence-electron chi connectivity index (χ1n) is 14.9. The SMILES string of the molecule is COc1ccc(CNCc2c(Oc3ccc(NC(=O)c4c(C)n(CC(C)(C)O)n(-c5ccccc5)c4=O)cc3F)ccnc2N)cc1. The largest absolute Gasteiger partial charge is 0.497 e. The first-order valence-corrected chi connectivity index (χ1v) is 14.9. The van der Waals surface area contributed by atoms with E-state index in [1.54, 1.807) is 62.9 Å². The Morgan fingerprint density at radius 2 is 1.74 bits per heavy atom. The van der Waals surface area contributed by atoms with Gasteiger partial charge in [-0.15, -0.1) is 0 Å². The van der Waals surface area contributed by atoms with E-state index in [1.807, 2.05) is 30.3 Å². The molecule has 47 heavy (non-hydrogen) atoms. The summed E-state index contributed by atoms with van der Waals surface area (Å²) in [4.78, 5) is 31.2. The van der Waals surface area contributed by atoms with Crippen molar-refractivity contribution in [3.05, 3.63) is 124 Å².